The number of carbonyl (C=O) groups excluding carboxylic acids is 1. The van der Waals surface area contributed by atoms with E-state index in [0.29, 0.717) is 46.4 Å². The fraction of sp³-hybridized carbons (Fsp3) is 0.304. The molecule has 3 heterocycles. The normalized spacial score (nSPS) is 15.3. The van der Waals surface area contributed by atoms with Gasteiger partial charge >= 0.3 is 6.18 Å². The summed E-state index contributed by atoms with van der Waals surface area (Å²) in [7, 11) is 0. The van der Waals surface area contributed by atoms with Crippen molar-refractivity contribution in [2.75, 3.05) is 18.0 Å². The van der Waals surface area contributed by atoms with Crippen molar-refractivity contribution in [2.24, 2.45) is 5.73 Å². The minimum atomic E-state index is -4.44. The van der Waals surface area contributed by atoms with Gasteiger partial charge in [0.25, 0.3) is 0 Å². The van der Waals surface area contributed by atoms with Gasteiger partial charge in [0.15, 0.2) is 0 Å². The number of hydrogen-bond donors (Lipinski definition) is 2. The highest BCUT2D eigenvalue weighted by atomic mass is 35.5. The Morgan fingerprint density at radius 1 is 1.15 bits per heavy atom. The minimum absolute atomic E-state index is 0.0500. The second-order valence-corrected chi connectivity index (χ2v) is 8.86. The molecule has 4 rings (SSSR count). The first-order valence-electron chi connectivity index (χ1n) is 10.5. The number of carbonyl (C=O) groups is 1. The molecule has 0 aliphatic carbocycles. The van der Waals surface area contributed by atoms with Crippen LogP contribution in [0, 0.1) is 0 Å². The van der Waals surface area contributed by atoms with Crippen LogP contribution in [0.25, 0.3) is 22.5 Å². The van der Waals surface area contributed by atoms with Gasteiger partial charge in [0.2, 0.25) is 5.91 Å². The second kappa shape index (κ2) is 8.84. The summed E-state index contributed by atoms with van der Waals surface area (Å²) in [5.41, 5.74) is 5.74. The van der Waals surface area contributed by atoms with Crippen LogP contribution < -0.4 is 16.0 Å². The molecule has 0 atom stereocenters. The van der Waals surface area contributed by atoms with E-state index in [1.54, 1.807) is 12.3 Å². The Labute approximate surface area is 199 Å². The van der Waals surface area contributed by atoms with E-state index in [2.05, 4.69) is 15.3 Å². The molecule has 178 valence electrons. The third-order valence-electron chi connectivity index (χ3n) is 5.56. The van der Waals surface area contributed by atoms with Crippen molar-refractivity contribution in [3.63, 3.8) is 0 Å². The Bertz CT molecular complexity index is 1210. The lowest BCUT2D eigenvalue weighted by Gasteiger charge is -2.49. The van der Waals surface area contributed by atoms with Crippen LogP contribution in [-0.2, 0) is 11.0 Å². The largest absolute Gasteiger partial charge is 0.416 e. The third kappa shape index (κ3) is 4.55. The van der Waals surface area contributed by atoms with Gasteiger partial charge < -0.3 is 10.6 Å². The van der Waals surface area contributed by atoms with E-state index in [1.165, 1.54) is 24.5 Å². The Kier molecular flexibility index (Phi) is 6.22. The zero-order valence-corrected chi connectivity index (χ0v) is 19.2. The van der Waals surface area contributed by atoms with Crippen LogP contribution in [-0.4, -0.2) is 45.5 Å². The summed E-state index contributed by atoms with van der Waals surface area (Å²) in [5, 5.41) is 3.53. The second-order valence-electron chi connectivity index (χ2n) is 8.46. The SMILES string of the molecule is CC(C)NC1(C(N)=O)CN(c2cnc(-c3ccc(C(F)(F)F)cc3)c(-c3ccncc3Cl)n2)C1. The molecule has 0 unspecified atom stereocenters. The molecule has 3 N–H and O–H groups in total. The summed E-state index contributed by atoms with van der Waals surface area (Å²) in [6.07, 6.45) is 0.0715. The van der Waals surface area contributed by atoms with E-state index in [0.717, 1.165) is 12.1 Å². The minimum Gasteiger partial charge on any atom is -0.368 e. The Hall–Kier alpha value is -3.24. The number of hydrogen-bond acceptors (Lipinski definition) is 6. The lowest BCUT2D eigenvalue weighted by Crippen LogP contribution is -2.76. The number of pyridine rings is 1. The molecule has 11 heteroatoms. The first kappa shape index (κ1) is 23.9. The number of anilines is 1. The van der Waals surface area contributed by atoms with Gasteiger partial charge in [-0.1, -0.05) is 23.7 Å². The van der Waals surface area contributed by atoms with Crippen LogP contribution >= 0.6 is 11.6 Å². The van der Waals surface area contributed by atoms with Crippen molar-refractivity contribution in [3.8, 4) is 22.5 Å². The van der Waals surface area contributed by atoms with Crippen molar-refractivity contribution >= 4 is 23.3 Å². The monoisotopic (exact) mass is 490 g/mol. The maximum Gasteiger partial charge on any atom is 0.416 e. The van der Waals surface area contributed by atoms with E-state index >= 15 is 0 Å². The summed E-state index contributed by atoms with van der Waals surface area (Å²) in [6, 6.07) is 6.40. The van der Waals surface area contributed by atoms with Gasteiger partial charge in [-0.3, -0.25) is 20.1 Å². The van der Waals surface area contributed by atoms with Crippen LogP contribution in [0.5, 0.6) is 0 Å². The molecule has 0 bridgehead atoms. The standard InChI is InChI=1S/C23H22ClF3N6O/c1-13(2)32-22(21(28)34)11-33(12-22)18-10-30-19(14-3-5-15(6-4-14)23(25,26)27)20(31-18)16-7-8-29-9-17(16)24/h3-10,13,32H,11-12H2,1-2H3,(H2,28,34). The summed E-state index contributed by atoms with van der Waals surface area (Å²) >= 11 is 6.36. The molecule has 1 aromatic carbocycles. The number of rotatable bonds is 6. The fourth-order valence-corrected chi connectivity index (χ4v) is 4.16. The zero-order valence-electron chi connectivity index (χ0n) is 18.4. The summed E-state index contributed by atoms with van der Waals surface area (Å²) in [4.78, 5) is 27.2. The topological polar surface area (TPSA) is 97.0 Å². The lowest BCUT2D eigenvalue weighted by atomic mass is 9.88. The van der Waals surface area contributed by atoms with E-state index in [4.69, 9.17) is 22.3 Å². The number of amides is 1. The van der Waals surface area contributed by atoms with Crippen LogP contribution in [0.3, 0.4) is 0 Å². The average molecular weight is 491 g/mol. The van der Waals surface area contributed by atoms with Gasteiger partial charge in [0, 0.05) is 42.7 Å². The first-order valence-corrected chi connectivity index (χ1v) is 10.8. The molecule has 2 aromatic heterocycles. The zero-order chi connectivity index (χ0) is 24.7. The number of benzene rings is 1. The van der Waals surface area contributed by atoms with Crippen LogP contribution in [0.4, 0.5) is 19.0 Å². The lowest BCUT2D eigenvalue weighted by molar-refractivity contribution is -0.137. The van der Waals surface area contributed by atoms with Crippen LogP contribution in [0.1, 0.15) is 19.4 Å². The molecule has 1 aliphatic rings. The molecule has 0 radical (unpaired) electrons. The number of alkyl halides is 3. The van der Waals surface area contributed by atoms with Gasteiger partial charge in [0.1, 0.15) is 17.1 Å². The molecule has 34 heavy (non-hydrogen) atoms. The highest BCUT2D eigenvalue weighted by molar-refractivity contribution is 6.33. The van der Waals surface area contributed by atoms with Gasteiger partial charge in [-0.05, 0) is 32.0 Å². The summed E-state index contributed by atoms with van der Waals surface area (Å²) in [5.74, 6) is 0.0326. The number of nitrogens with one attached hydrogen (secondary N) is 1. The Morgan fingerprint density at radius 2 is 1.82 bits per heavy atom. The predicted octanol–water partition coefficient (Wildman–Crippen LogP) is 3.92. The van der Waals surface area contributed by atoms with Crippen LogP contribution in [0.2, 0.25) is 5.02 Å². The molecule has 0 spiro atoms. The molecule has 1 aliphatic heterocycles. The van der Waals surface area contributed by atoms with Crippen molar-refractivity contribution < 1.29 is 18.0 Å². The number of nitrogens with two attached hydrogens (primary N) is 1. The van der Waals surface area contributed by atoms with Crippen molar-refractivity contribution in [1.29, 1.82) is 0 Å². The molecule has 1 amide bonds. The third-order valence-corrected chi connectivity index (χ3v) is 5.86. The van der Waals surface area contributed by atoms with Crippen molar-refractivity contribution in [1.82, 2.24) is 20.3 Å². The van der Waals surface area contributed by atoms with Gasteiger partial charge in [0.05, 0.1) is 22.5 Å². The van der Waals surface area contributed by atoms with Gasteiger partial charge in [-0.15, -0.1) is 0 Å². The quantitative estimate of drug-likeness (QED) is 0.543. The molecule has 7 nitrogen and oxygen atoms in total. The van der Waals surface area contributed by atoms with Crippen LogP contribution in [0.15, 0.2) is 48.9 Å². The number of aromatic nitrogens is 3. The van der Waals surface area contributed by atoms with Gasteiger partial charge in [-0.25, -0.2) is 4.98 Å². The average Bonchev–Trinajstić information content (AvgIpc) is 2.75. The van der Waals surface area contributed by atoms with E-state index < -0.39 is 23.2 Å². The number of primary amides is 1. The summed E-state index contributed by atoms with van der Waals surface area (Å²) in [6.45, 7) is 4.46. The number of halogens is 4. The first-order chi connectivity index (χ1) is 16.0. The Balaban J connectivity index is 1.74. The molecule has 1 fully saturated rings. The highest BCUT2D eigenvalue weighted by Crippen LogP contribution is 2.37. The maximum absolute atomic E-state index is 13.0. The number of nitrogens with zero attached hydrogens (tertiary/aromatic N) is 4. The molecular formula is C23H22ClF3N6O. The van der Waals surface area contributed by atoms with Crippen molar-refractivity contribution in [2.45, 2.75) is 31.6 Å². The molecule has 0 saturated carbocycles. The van der Waals surface area contributed by atoms with E-state index in [-0.39, 0.29) is 6.04 Å². The fourth-order valence-electron chi connectivity index (χ4n) is 3.95. The maximum atomic E-state index is 13.0. The van der Waals surface area contributed by atoms with Gasteiger partial charge in [-0.2, -0.15) is 13.2 Å². The highest BCUT2D eigenvalue weighted by Gasteiger charge is 2.49. The smallest absolute Gasteiger partial charge is 0.368 e. The van der Waals surface area contributed by atoms with E-state index in [9.17, 15) is 18.0 Å². The molecule has 1 saturated heterocycles. The Morgan fingerprint density at radius 3 is 2.38 bits per heavy atom. The predicted molar refractivity (Wildman–Crippen MR) is 123 cm³/mol. The van der Waals surface area contributed by atoms with Crippen molar-refractivity contribution in [3.05, 3.63) is 59.5 Å². The van der Waals surface area contributed by atoms with E-state index in [1.807, 2.05) is 18.7 Å². The summed E-state index contributed by atoms with van der Waals surface area (Å²) < 4.78 is 39.0. The molecular weight excluding hydrogens is 469 g/mol. The molecule has 3 aromatic rings.